The van der Waals surface area contributed by atoms with Crippen LogP contribution in [0.5, 0.6) is 17.2 Å². The van der Waals surface area contributed by atoms with Gasteiger partial charge in [-0.1, -0.05) is 11.8 Å². The van der Waals surface area contributed by atoms with E-state index in [9.17, 15) is 4.79 Å². The number of carbonyl (C=O) groups excluding carboxylic acids is 1. The van der Waals surface area contributed by atoms with E-state index >= 15 is 0 Å². The van der Waals surface area contributed by atoms with Crippen molar-refractivity contribution in [2.24, 2.45) is 0 Å². The Morgan fingerprint density at radius 2 is 1.76 bits per heavy atom. The van der Waals surface area contributed by atoms with E-state index in [-0.39, 0.29) is 5.91 Å². The van der Waals surface area contributed by atoms with E-state index in [1.807, 2.05) is 24.3 Å². The minimum Gasteiger partial charge on any atom is -0.497 e. The molecule has 0 fully saturated rings. The first kappa shape index (κ1) is 20.5. The summed E-state index contributed by atoms with van der Waals surface area (Å²) < 4.78 is 17.2. The van der Waals surface area contributed by atoms with E-state index in [0.717, 1.165) is 11.4 Å². The molecule has 0 saturated heterocycles. The van der Waals surface area contributed by atoms with Gasteiger partial charge >= 0.3 is 0 Å². The molecule has 29 heavy (non-hydrogen) atoms. The van der Waals surface area contributed by atoms with Gasteiger partial charge in [-0.2, -0.15) is 4.68 Å². The molecule has 1 unspecified atom stereocenters. The van der Waals surface area contributed by atoms with Gasteiger partial charge in [0.1, 0.15) is 5.75 Å². The summed E-state index contributed by atoms with van der Waals surface area (Å²) >= 11 is 1.25. The molecule has 10 heteroatoms. The van der Waals surface area contributed by atoms with Gasteiger partial charge in [-0.25, -0.2) is 0 Å². The highest BCUT2D eigenvalue weighted by Gasteiger charge is 2.20. The second-order valence-electron chi connectivity index (χ2n) is 5.89. The number of benzene rings is 2. The van der Waals surface area contributed by atoms with Crippen LogP contribution in [0.3, 0.4) is 0 Å². The molecule has 1 atom stereocenters. The molecule has 0 bridgehead atoms. The molecule has 0 aliphatic rings. The smallest absolute Gasteiger partial charge is 0.237 e. The second-order valence-corrected chi connectivity index (χ2v) is 7.20. The van der Waals surface area contributed by atoms with Crippen molar-refractivity contribution in [3.05, 3.63) is 42.5 Å². The topological polar surface area (TPSA) is 100 Å². The number of hydrogen-bond acceptors (Lipinski definition) is 8. The predicted octanol–water partition coefficient (Wildman–Crippen LogP) is 2.81. The molecule has 1 heterocycles. The number of amides is 1. The molecule has 0 spiro atoms. The third-order valence-corrected chi connectivity index (χ3v) is 5.09. The average molecular weight is 415 g/mol. The van der Waals surface area contributed by atoms with Crippen LogP contribution in [-0.2, 0) is 4.79 Å². The predicted molar refractivity (Wildman–Crippen MR) is 109 cm³/mol. The quantitative estimate of drug-likeness (QED) is 0.561. The zero-order chi connectivity index (χ0) is 20.8. The third-order valence-electron chi connectivity index (χ3n) is 4.06. The Bertz CT molecular complexity index is 977. The van der Waals surface area contributed by atoms with Crippen LogP contribution in [0.15, 0.2) is 47.6 Å². The van der Waals surface area contributed by atoms with E-state index < -0.39 is 5.25 Å². The first-order valence-corrected chi connectivity index (χ1v) is 9.56. The molecular weight excluding hydrogens is 394 g/mol. The summed E-state index contributed by atoms with van der Waals surface area (Å²) in [6, 6.07) is 12.5. The van der Waals surface area contributed by atoms with E-state index in [0.29, 0.717) is 22.3 Å². The summed E-state index contributed by atoms with van der Waals surface area (Å²) in [5.74, 6) is 1.67. The number of carbonyl (C=O) groups is 1. The maximum absolute atomic E-state index is 12.6. The minimum absolute atomic E-state index is 0.188. The van der Waals surface area contributed by atoms with Crippen LogP contribution in [-0.4, -0.2) is 52.7 Å². The zero-order valence-corrected chi connectivity index (χ0v) is 17.3. The average Bonchev–Trinajstić information content (AvgIpc) is 3.21. The number of nitrogens with zero attached hydrogens (tertiary/aromatic N) is 4. The van der Waals surface area contributed by atoms with Crippen molar-refractivity contribution >= 4 is 23.4 Å². The Kier molecular flexibility index (Phi) is 6.55. The number of tetrazole rings is 1. The Labute approximate surface area is 172 Å². The standard InChI is InChI=1S/C19H21N5O4S/c1-12(18(25)20-13-5-10-16(27-3)17(11-13)28-4)29-19-21-22-23-24(19)14-6-8-15(26-2)9-7-14/h5-12H,1-4H3,(H,20,25). The number of rotatable bonds is 8. The van der Waals surface area contributed by atoms with Gasteiger partial charge in [-0.15, -0.1) is 5.10 Å². The highest BCUT2D eigenvalue weighted by Crippen LogP contribution is 2.30. The number of methoxy groups -OCH3 is 3. The van der Waals surface area contributed by atoms with Gasteiger partial charge in [0.2, 0.25) is 11.1 Å². The normalized spacial score (nSPS) is 11.6. The van der Waals surface area contributed by atoms with E-state index in [4.69, 9.17) is 14.2 Å². The van der Waals surface area contributed by atoms with Crippen LogP contribution in [0.25, 0.3) is 5.69 Å². The third kappa shape index (κ3) is 4.77. The molecule has 0 saturated carbocycles. The first-order chi connectivity index (χ1) is 14.0. The molecule has 2 aromatic carbocycles. The Morgan fingerprint density at radius 3 is 2.41 bits per heavy atom. The maximum Gasteiger partial charge on any atom is 0.237 e. The summed E-state index contributed by atoms with van der Waals surface area (Å²) in [5, 5.41) is 14.7. The van der Waals surface area contributed by atoms with Gasteiger partial charge in [0.15, 0.2) is 11.5 Å². The van der Waals surface area contributed by atoms with Crippen molar-refractivity contribution in [3.63, 3.8) is 0 Å². The molecule has 0 aliphatic heterocycles. The van der Waals surface area contributed by atoms with Gasteiger partial charge in [0.25, 0.3) is 0 Å². The lowest BCUT2D eigenvalue weighted by atomic mass is 10.2. The number of thioether (sulfide) groups is 1. The highest BCUT2D eigenvalue weighted by molar-refractivity contribution is 8.00. The van der Waals surface area contributed by atoms with Gasteiger partial charge in [0, 0.05) is 11.8 Å². The van der Waals surface area contributed by atoms with E-state index in [1.54, 1.807) is 51.1 Å². The van der Waals surface area contributed by atoms with Crippen LogP contribution in [0, 0.1) is 0 Å². The second kappa shape index (κ2) is 9.28. The summed E-state index contributed by atoms with van der Waals surface area (Å²) in [7, 11) is 4.70. The van der Waals surface area contributed by atoms with Crippen molar-refractivity contribution in [1.82, 2.24) is 20.2 Å². The largest absolute Gasteiger partial charge is 0.497 e. The van der Waals surface area contributed by atoms with Crippen molar-refractivity contribution in [2.45, 2.75) is 17.3 Å². The fraction of sp³-hybridized carbons (Fsp3) is 0.263. The SMILES string of the molecule is COc1ccc(-n2nnnc2SC(C)C(=O)Nc2ccc(OC)c(OC)c2)cc1. The monoisotopic (exact) mass is 415 g/mol. The molecular formula is C19H21N5O4S. The zero-order valence-electron chi connectivity index (χ0n) is 16.4. The van der Waals surface area contributed by atoms with Crippen LogP contribution in [0.1, 0.15) is 6.92 Å². The summed E-state index contributed by atoms with van der Waals surface area (Å²) in [6.07, 6.45) is 0. The maximum atomic E-state index is 12.6. The lowest BCUT2D eigenvalue weighted by Gasteiger charge is -2.13. The molecule has 0 radical (unpaired) electrons. The van der Waals surface area contributed by atoms with Crippen molar-refractivity contribution in [2.75, 3.05) is 26.6 Å². The number of aromatic nitrogens is 4. The van der Waals surface area contributed by atoms with Crippen molar-refractivity contribution in [3.8, 4) is 22.9 Å². The molecule has 1 amide bonds. The van der Waals surface area contributed by atoms with Gasteiger partial charge in [0.05, 0.1) is 32.3 Å². The molecule has 1 N–H and O–H groups in total. The Hall–Kier alpha value is -3.27. The van der Waals surface area contributed by atoms with Gasteiger partial charge in [-0.05, 0) is 53.7 Å². The van der Waals surface area contributed by atoms with Crippen LogP contribution >= 0.6 is 11.8 Å². The fourth-order valence-corrected chi connectivity index (χ4v) is 3.31. The summed E-state index contributed by atoms with van der Waals surface area (Å²) in [5.41, 5.74) is 1.38. The Morgan fingerprint density at radius 1 is 1.03 bits per heavy atom. The van der Waals surface area contributed by atoms with E-state index in [1.165, 1.54) is 11.8 Å². The number of hydrogen-bond donors (Lipinski definition) is 1. The van der Waals surface area contributed by atoms with Crippen LogP contribution in [0.2, 0.25) is 0 Å². The van der Waals surface area contributed by atoms with Crippen molar-refractivity contribution < 1.29 is 19.0 Å². The van der Waals surface area contributed by atoms with Crippen LogP contribution < -0.4 is 19.5 Å². The molecule has 3 aromatic rings. The first-order valence-electron chi connectivity index (χ1n) is 8.68. The Balaban J connectivity index is 1.70. The summed E-state index contributed by atoms with van der Waals surface area (Å²) in [6.45, 7) is 1.79. The molecule has 0 aliphatic carbocycles. The van der Waals surface area contributed by atoms with Gasteiger partial charge < -0.3 is 19.5 Å². The number of anilines is 1. The molecule has 1 aromatic heterocycles. The molecule has 9 nitrogen and oxygen atoms in total. The number of nitrogens with one attached hydrogen (secondary N) is 1. The molecule has 152 valence electrons. The summed E-state index contributed by atoms with van der Waals surface area (Å²) in [4.78, 5) is 12.6. The van der Waals surface area contributed by atoms with Gasteiger partial charge in [-0.3, -0.25) is 4.79 Å². The lowest BCUT2D eigenvalue weighted by molar-refractivity contribution is -0.115. The van der Waals surface area contributed by atoms with E-state index in [2.05, 4.69) is 20.8 Å². The van der Waals surface area contributed by atoms with Crippen molar-refractivity contribution in [1.29, 1.82) is 0 Å². The lowest BCUT2D eigenvalue weighted by Crippen LogP contribution is -2.23. The fourth-order valence-electron chi connectivity index (χ4n) is 2.51. The highest BCUT2D eigenvalue weighted by atomic mass is 32.2. The minimum atomic E-state index is -0.439. The number of ether oxygens (including phenoxy) is 3. The molecule has 3 rings (SSSR count). The van der Waals surface area contributed by atoms with Crippen LogP contribution in [0.4, 0.5) is 5.69 Å².